The number of rotatable bonds is 2. The summed E-state index contributed by atoms with van der Waals surface area (Å²) < 4.78 is 0. The zero-order valence-electron chi connectivity index (χ0n) is 9.54. The van der Waals surface area contributed by atoms with Crippen LogP contribution < -0.4 is 0 Å². The van der Waals surface area contributed by atoms with E-state index in [0.717, 1.165) is 19.5 Å². The van der Waals surface area contributed by atoms with Gasteiger partial charge in [-0.25, -0.2) is 0 Å². The van der Waals surface area contributed by atoms with E-state index in [2.05, 4.69) is 11.8 Å². The van der Waals surface area contributed by atoms with Gasteiger partial charge in [0.25, 0.3) is 0 Å². The van der Waals surface area contributed by atoms with Crippen LogP contribution in [0.2, 0.25) is 0 Å². The van der Waals surface area contributed by atoms with E-state index in [1.165, 1.54) is 32.1 Å². The molecule has 0 aromatic heterocycles. The van der Waals surface area contributed by atoms with Gasteiger partial charge in [-0.1, -0.05) is 19.3 Å². The van der Waals surface area contributed by atoms with Crippen LogP contribution in [-0.4, -0.2) is 34.6 Å². The number of carboxylic acid groups (broad SMARTS) is 1. The first-order valence-corrected chi connectivity index (χ1v) is 6.10. The van der Waals surface area contributed by atoms with Crippen molar-refractivity contribution < 1.29 is 9.90 Å². The van der Waals surface area contributed by atoms with Crippen LogP contribution in [0.3, 0.4) is 0 Å². The maximum atomic E-state index is 10.9. The van der Waals surface area contributed by atoms with Crippen molar-refractivity contribution in [3.05, 3.63) is 0 Å². The van der Waals surface area contributed by atoms with Gasteiger partial charge in [0.05, 0.1) is 5.92 Å². The summed E-state index contributed by atoms with van der Waals surface area (Å²) >= 11 is 0. The molecule has 2 rings (SSSR count). The zero-order valence-corrected chi connectivity index (χ0v) is 9.54. The molecule has 1 saturated heterocycles. The van der Waals surface area contributed by atoms with Gasteiger partial charge >= 0.3 is 5.97 Å². The number of likely N-dealkylation sites (tertiary alicyclic amines) is 1. The van der Waals surface area contributed by atoms with E-state index in [9.17, 15) is 4.79 Å². The van der Waals surface area contributed by atoms with E-state index >= 15 is 0 Å². The summed E-state index contributed by atoms with van der Waals surface area (Å²) in [5.74, 6) is -0.735. The maximum absolute atomic E-state index is 10.9. The summed E-state index contributed by atoms with van der Waals surface area (Å²) in [7, 11) is 0. The van der Waals surface area contributed by atoms with Gasteiger partial charge in [-0.2, -0.15) is 0 Å². The molecule has 0 aromatic rings. The average Bonchev–Trinajstić information content (AvgIpc) is 2.68. The van der Waals surface area contributed by atoms with Gasteiger partial charge in [0.1, 0.15) is 0 Å². The zero-order chi connectivity index (χ0) is 10.9. The molecule has 1 aliphatic carbocycles. The molecular weight excluding hydrogens is 190 g/mol. The van der Waals surface area contributed by atoms with Crippen LogP contribution in [0.4, 0.5) is 0 Å². The Morgan fingerprint density at radius 2 is 2.00 bits per heavy atom. The van der Waals surface area contributed by atoms with E-state index < -0.39 is 5.97 Å². The molecule has 3 nitrogen and oxygen atoms in total. The molecule has 2 aliphatic rings. The molecule has 1 unspecified atom stereocenters. The lowest BCUT2D eigenvalue weighted by Crippen LogP contribution is -2.46. The molecule has 1 N–H and O–H groups in total. The highest BCUT2D eigenvalue weighted by Gasteiger charge is 2.39. The lowest BCUT2D eigenvalue weighted by atomic mass is 9.82. The lowest BCUT2D eigenvalue weighted by molar-refractivity contribution is -0.141. The molecule has 2 fully saturated rings. The van der Waals surface area contributed by atoms with E-state index in [-0.39, 0.29) is 5.92 Å². The number of hydrogen-bond donors (Lipinski definition) is 1. The van der Waals surface area contributed by atoms with Crippen LogP contribution in [-0.2, 0) is 4.79 Å². The van der Waals surface area contributed by atoms with Gasteiger partial charge in [0, 0.05) is 12.1 Å². The second kappa shape index (κ2) is 4.12. The second-order valence-electron chi connectivity index (χ2n) is 5.33. The van der Waals surface area contributed by atoms with Crippen LogP contribution in [0.25, 0.3) is 0 Å². The quantitative estimate of drug-likeness (QED) is 0.760. The highest BCUT2D eigenvalue weighted by atomic mass is 16.4. The molecule has 3 heteroatoms. The Hall–Kier alpha value is -0.570. The number of nitrogens with zero attached hydrogens (tertiary/aromatic N) is 1. The minimum Gasteiger partial charge on any atom is -0.481 e. The third-order valence-corrected chi connectivity index (χ3v) is 4.23. The normalized spacial score (nSPS) is 31.7. The SMILES string of the molecule is CC1(N2CCC(C(=O)O)C2)CCCCC1. The van der Waals surface area contributed by atoms with Gasteiger partial charge < -0.3 is 5.11 Å². The predicted molar refractivity (Wildman–Crippen MR) is 58.8 cm³/mol. The summed E-state index contributed by atoms with van der Waals surface area (Å²) in [4.78, 5) is 13.3. The van der Waals surface area contributed by atoms with E-state index in [4.69, 9.17) is 5.11 Å². The monoisotopic (exact) mass is 211 g/mol. The van der Waals surface area contributed by atoms with Crippen molar-refractivity contribution in [2.45, 2.75) is 51.0 Å². The topological polar surface area (TPSA) is 40.5 Å². The predicted octanol–water partition coefficient (Wildman–Crippen LogP) is 2.12. The Morgan fingerprint density at radius 3 is 2.53 bits per heavy atom. The molecule has 15 heavy (non-hydrogen) atoms. The third kappa shape index (κ3) is 2.17. The Bertz CT molecular complexity index is 246. The average molecular weight is 211 g/mol. The Morgan fingerprint density at radius 1 is 1.33 bits per heavy atom. The number of carbonyl (C=O) groups is 1. The molecule has 1 heterocycles. The molecule has 1 saturated carbocycles. The van der Waals surface area contributed by atoms with Crippen LogP contribution >= 0.6 is 0 Å². The molecule has 0 aromatic carbocycles. The van der Waals surface area contributed by atoms with Crippen molar-refractivity contribution in [2.75, 3.05) is 13.1 Å². The minimum atomic E-state index is -0.614. The summed E-state index contributed by atoms with van der Waals surface area (Å²) in [6, 6.07) is 0. The Balaban J connectivity index is 1.97. The molecule has 1 aliphatic heterocycles. The van der Waals surface area contributed by atoms with Gasteiger partial charge in [0.15, 0.2) is 0 Å². The number of carboxylic acids is 1. The highest BCUT2D eigenvalue weighted by Crippen LogP contribution is 2.36. The van der Waals surface area contributed by atoms with Gasteiger partial charge in [0.2, 0.25) is 0 Å². The van der Waals surface area contributed by atoms with Crippen LogP contribution in [0, 0.1) is 5.92 Å². The summed E-state index contributed by atoms with van der Waals surface area (Å²) in [5, 5.41) is 8.99. The smallest absolute Gasteiger partial charge is 0.307 e. The molecule has 86 valence electrons. The fourth-order valence-electron chi connectivity index (χ4n) is 3.08. The Labute approximate surface area is 91.5 Å². The third-order valence-electron chi connectivity index (χ3n) is 4.23. The van der Waals surface area contributed by atoms with E-state index in [0.29, 0.717) is 5.54 Å². The van der Waals surface area contributed by atoms with Gasteiger partial charge in [-0.15, -0.1) is 0 Å². The van der Waals surface area contributed by atoms with Crippen molar-refractivity contribution in [3.63, 3.8) is 0 Å². The van der Waals surface area contributed by atoms with Crippen molar-refractivity contribution in [2.24, 2.45) is 5.92 Å². The summed E-state index contributed by atoms with van der Waals surface area (Å²) in [6.45, 7) is 4.07. The van der Waals surface area contributed by atoms with Crippen molar-refractivity contribution in [3.8, 4) is 0 Å². The van der Waals surface area contributed by atoms with Gasteiger partial charge in [-0.05, 0) is 32.7 Å². The molecule has 0 radical (unpaired) electrons. The van der Waals surface area contributed by atoms with Crippen LogP contribution in [0.5, 0.6) is 0 Å². The van der Waals surface area contributed by atoms with E-state index in [1.54, 1.807) is 0 Å². The first-order valence-electron chi connectivity index (χ1n) is 6.10. The van der Waals surface area contributed by atoms with Crippen LogP contribution in [0.15, 0.2) is 0 Å². The van der Waals surface area contributed by atoms with Gasteiger partial charge in [-0.3, -0.25) is 9.69 Å². The Kier molecular flexibility index (Phi) is 3.01. The largest absolute Gasteiger partial charge is 0.481 e. The lowest BCUT2D eigenvalue weighted by Gasteiger charge is -2.42. The van der Waals surface area contributed by atoms with Crippen molar-refractivity contribution in [1.82, 2.24) is 4.90 Å². The molecule has 0 bridgehead atoms. The van der Waals surface area contributed by atoms with Crippen LogP contribution in [0.1, 0.15) is 45.4 Å². The van der Waals surface area contributed by atoms with Crippen molar-refractivity contribution in [1.29, 1.82) is 0 Å². The molecule has 0 spiro atoms. The summed E-state index contributed by atoms with van der Waals surface area (Å²) in [6.07, 6.45) is 7.31. The minimum absolute atomic E-state index is 0.122. The molecule has 0 amide bonds. The fourth-order valence-corrected chi connectivity index (χ4v) is 3.08. The number of hydrogen-bond acceptors (Lipinski definition) is 2. The number of aliphatic carboxylic acids is 1. The first-order chi connectivity index (χ1) is 7.12. The fraction of sp³-hybridized carbons (Fsp3) is 0.917. The first kappa shape index (κ1) is 10.9. The highest BCUT2D eigenvalue weighted by molar-refractivity contribution is 5.70. The maximum Gasteiger partial charge on any atom is 0.307 e. The standard InChI is InChI=1S/C12H21NO2/c1-12(6-3-2-4-7-12)13-8-5-10(9-13)11(14)15/h10H,2-9H2,1H3,(H,14,15). The molecular formula is C12H21NO2. The molecule has 1 atom stereocenters. The summed E-state index contributed by atoms with van der Waals surface area (Å²) in [5.41, 5.74) is 0.294. The van der Waals surface area contributed by atoms with Crippen molar-refractivity contribution >= 4 is 5.97 Å². The van der Waals surface area contributed by atoms with E-state index in [1.807, 2.05) is 0 Å². The second-order valence-corrected chi connectivity index (χ2v) is 5.33.